The first-order chi connectivity index (χ1) is 2.41. The summed E-state index contributed by atoms with van der Waals surface area (Å²) in [6.07, 6.45) is 0. The van der Waals surface area contributed by atoms with E-state index in [9.17, 15) is 0 Å². The number of hydrogen-bond acceptors (Lipinski definition) is 3. The summed E-state index contributed by atoms with van der Waals surface area (Å²) in [5, 5.41) is 0. The summed E-state index contributed by atoms with van der Waals surface area (Å²) in [6.45, 7) is 0. The van der Waals surface area contributed by atoms with Gasteiger partial charge >= 0.3 is 23.5 Å². The van der Waals surface area contributed by atoms with Gasteiger partial charge in [0.2, 0.25) is 0 Å². The van der Waals surface area contributed by atoms with Crippen molar-refractivity contribution in [1.29, 1.82) is 5.04 Å². The van der Waals surface area contributed by atoms with Gasteiger partial charge in [-0.1, -0.05) is 0 Å². The van der Waals surface area contributed by atoms with E-state index < -0.39 is 0 Å². The summed E-state index contributed by atoms with van der Waals surface area (Å²) < 4.78 is 18.7. The molecule has 0 unspecified atom stereocenters. The maximum atomic E-state index is 7.15. The fourth-order valence-corrected chi connectivity index (χ4v) is 0. The molecular weight excluding hydrogens is 246 g/mol. The molecule has 0 aromatic heterocycles. The first-order valence-corrected chi connectivity index (χ1v) is 2.22. The predicted molar refractivity (Wildman–Crippen MR) is 14.3 cm³/mol. The van der Waals surface area contributed by atoms with E-state index in [4.69, 9.17) is 9.59 Å². The molecule has 26 valence electrons. The molecule has 0 fully saturated rings. The molecule has 0 saturated carbocycles. The molecule has 0 amide bonds. The zero-order chi connectivity index (χ0) is 4.71. The molecule has 0 aromatic carbocycles. The second-order valence-electron chi connectivity index (χ2n) is 0. The van der Waals surface area contributed by atoms with E-state index in [1.807, 2.05) is 0 Å². The molecule has 0 saturated heterocycles. The van der Waals surface area contributed by atoms with Gasteiger partial charge in [0.15, 0.2) is 0 Å². The second kappa shape index (κ2) is 46.7. The number of rotatable bonds is 0. The SMILES string of the molecule is [2H]SO.[NH]=[W]. The Balaban J connectivity index is 0. The normalized spacial score (nSPS) is 5.75. The monoisotopic (exact) mass is 250 g/mol. The average Bonchev–Trinajstić information content (AvgIpc) is 1.46. The van der Waals surface area contributed by atoms with Crippen molar-refractivity contribution in [2.45, 2.75) is 0 Å². The van der Waals surface area contributed by atoms with Crippen molar-refractivity contribution in [3.05, 3.63) is 0 Å². The van der Waals surface area contributed by atoms with Gasteiger partial charge in [-0.2, -0.15) is 0 Å². The molecular formula is H3NOSW. The first kappa shape index (κ1) is 4.80. The van der Waals surface area contributed by atoms with Crippen molar-refractivity contribution in [2.75, 3.05) is 0 Å². The van der Waals surface area contributed by atoms with Crippen LogP contribution in [-0.2, 0) is 19.6 Å². The Morgan fingerprint density at radius 3 is 2.25 bits per heavy atom. The van der Waals surface area contributed by atoms with E-state index in [1.54, 1.807) is 0 Å². The zero-order valence-corrected chi connectivity index (χ0v) is 5.51. The third kappa shape index (κ3) is 14.2. The van der Waals surface area contributed by atoms with E-state index in [-0.39, 0.29) is 12.8 Å². The number of thiol groups is 1. The van der Waals surface area contributed by atoms with Crippen molar-refractivity contribution in [1.82, 2.24) is 0 Å². The average molecular weight is 250 g/mol. The summed E-state index contributed by atoms with van der Waals surface area (Å²) in [7, 11) is 0. The standard InChI is InChI=1S/HN.H2OS.W/c;1-2;/h1H;1-2H;/i/hD. The van der Waals surface area contributed by atoms with Crippen LogP contribution in [0.1, 0.15) is 0 Å². The minimum absolute atomic E-state index is 0.000000000000000222. The Hall–Kier alpha value is 0.798. The molecule has 4 heavy (non-hydrogen) atoms. The van der Waals surface area contributed by atoms with Crippen LogP contribution in [0.2, 0.25) is 0 Å². The fraction of sp³-hybridized carbons (Fsp3) is 0. The second-order valence-corrected chi connectivity index (χ2v) is 0. The van der Waals surface area contributed by atoms with Gasteiger partial charge in [-0.05, 0) is 12.8 Å². The van der Waals surface area contributed by atoms with Gasteiger partial charge in [0.05, 0.1) is 0 Å². The number of nitrogens with one attached hydrogen (secondary N) is 1. The Labute approximate surface area is 42.5 Å². The van der Waals surface area contributed by atoms with Gasteiger partial charge in [0, 0.05) is 0 Å². The van der Waals surface area contributed by atoms with Crippen LogP contribution >= 0.6 is 12.8 Å². The molecule has 0 heterocycles. The molecule has 0 bridgehead atoms. The van der Waals surface area contributed by atoms with Crippen LogP contribution < -0.4 is 0 Å². The molecule has 0 aliphatic carbocycles. The Bertz CT molecular complexity index is 15.6. The first-order valence-electron chi connectivity index (χ1n) is 0.795. The molecule has 4 heteroatoms. The quantitative estimate of drug-likeness (QED) is 0.429. The molecule has 0 aromatic rings. The summed E-state index contributed by atoms with van der Waals surface area (Å²) in [5.74, 6) is 0. The van der Waals surface area contributed by atoms with Gasteiger partial charge < -0.3 is 4.55 Å². The van der Waals surface area contributed by atoms with Gasteiger partial charge in [-0.3, -0.25) is 0 Å². The van der Waals surface area contributed by atoms with Crippen LogP contribution in [0.5, 0.6) is 0 Å². The van der Waals surface area contributed by atoms with E-state index in [2.05, 4.69) is 0 Å². The van der Waals surface area contributed by atoms with Gasteiger partial charge in [-0.25, -0.2) is 0 Å². The van der Waals surface area contributed by atoms with E-state index in [1.165, 1.54) is 0 Å². The minimum atomic E-state index is -0.000000000000000222. The molecule has 0 atom stereocenters. The van der Waals surface area contributed by atoms with Crippen LogP contribution in [0.4, 0.5) is 0 Å². The Morgan fingerprint density at radius 2 is 2.25 bits per heavy atom. The van der Waals surface area contributed by atoms with Gasteiger partial charge in [-0.15, -0.1) is 0 Å². The maximum absolute atomic E-state index is 7.15. The molecule has 2 nitrogen and oxygen atoms in total. The molecule has 0 rings (SSSR count). The topological polar surface area (TPSA) is 44.1 Å². The van der Waals surface area contributed by atoms with Gasteiger partial charge in [0.1, 0.15) is 1.12 Å². The van der Waals surface area contributed by atoms with Crippen LogP contribution in [0.15, 0.2) is 0 Å². The zero-order valence-electron chi connectivity index (χ0n) is 2.76. The predicted octanol–water partition coefficient (Wildman–Crippen LogP) is 0.685. The van der Waals surface area contributed by atoms with Gasteiger partial charge in [0.25, 0.3) is 0 Å². The Morgan fingerprint density at radius 1 is 2.25 bits per heavy atom. The van der Waals surface area contributed by atoms with Crippen molar-refractivity contribution in [3.8, 4) is 0 Å². The van der Waals surface area contributed by atoms with Crippen LogP contribution in [-0.4, -0.2) is 5.68 Å². The molecule has 0 spiro atoms. The summed E-state index contributed by atoms with van der Waals surface area (Å²) >= 11 is 0.833. The summed E-state index contributed by atoms with van der Waals surface area (Å²) in [6, 6.07) is 0. The third-order valence-electron chi connectivity index (χ3n) is 0. The van der Waals surface area contributed by atoms with Crippen molar-refractivity contribution >= 4 is 12.8 Å². The van der Waals surface area contributed by atoms with Crippen LogP contribution in [0.3, 0.4) is 0 Å². The van der Waals surface area contributed by atoms with E-state index in [0.717, 1.165) is 19.6 Å². The van der Waals surface area contributed by atoms with E-state index >= 15 is 0 Å². The van der Waals surface area contributed by atoms with Crippen LogP contribution in [0.25, 0.3) is 0 Å². The molecule has 0 aliphatic rings. The molecule has 0 aliphatic heterocycles. The van der Waals surface area contributed by atoms with Crippen molar-refractivity contribution in [3.63, 3.8) is 0 Å². The van der Waals surface area contributed by atoms with Crippen LogP contribution in [0, 0.1) is 3.91 Å². The molecule has 0 radical (unpaired) electrons. The molecule has 2 N–H and O–H groups in total. The van der Waals surface area contributed by atoms with Crippen molar-refractivity contribution in [2.24, 2.45) is 0 Å². The third-order valence-corrected chi connectivity index (χ3v) is 0. The fourth-order valence-electron chi connectivity index (χ4n) is 0. The Kier molecular flexibility index (Phi) is 56.0. The van der Waals surface area contributed by atoms with Crippen molar-refractivity contribution < 1.29 is 24.2 Å². The van der Waals surface area contributed by atoms with E-state index in [0.29, 0.717) is 0 Å². The summed E-state index contributed by atoms with van der Waals surface area (Å²) in [5.41, 5.74) is 0. The summed E-state index contributed by atoms with van der Waals surface area (Å²) in [4.78, 5) is 0. The number of hydrogen-bond donors (Lipinski definition) is 3.